The van der Waals surface area contributed by atoms with E-state index in [-0.39, 0.29) is 13.0 Å². The molecule has 0 saturated heterocycles. The second-order valence-electron chi connectivity index (χ2n) is 5.73. The van der Waals surface area contributed by atoms with Crippen LogP contribution in [0.15, 0.2) is 66.7 Å². The maximum Gasteiger partial charge on any atom is 0.227 e. The van der Waals surface area contributed by atoms with Crippen molar-refractivity contribution in [2.45, 2.75) is 6.42 Å². The molecule has 6 heteroatoms. The number of benzene rings is 3. The number of carbonyl (C=O) groups is 1. The Morgan fingerprint density at radius 2 is 1.56 bits per heavy atom. The summed E-state index contributed by atoms with van der Waals surface area (Å²) in [5.41, 5.74) is 1.44. The van der Waals surface area contributed by atoms with Crippen molar-refractivity contribution < 1.29 is 22.7 Å². The highest BCUT2D eigenvalue weighted by molar-refractivity contribution is 5.90. The quantitative estimate of drug-likeness (QED) is 0.607. The highest BCUT2D eigenvalue weighted by Gasteiger charge is 2.15. The molecule has 0 heterocycles. The van der Waals surface area contributed by atoms with Crippen LogP contribution >= 0.6 is 0 Å². The molecular weight excluding hydrogens is 355 g/mol. The first kappa shape index (κ1) is 18.5. The van der Waals surface area contributed by atoms with Crippen LogP contribution in [0.3, 0.4) is 0 Å². The standard InChI is InChI=1S/C21H16F3NO2/c22-16-10-11-17(21(24)20(16)23)25-19(26)12-13-27-18-9-5-4-8-15(18)14-6-2-1-3-7-14/h1-11H,12-13H2,(H,25,26). The summed E-state index contributed by atoms with van der Waals surface area (Å²) in [5.74, 6) is -4.33. The van der Waals surface area contributed by atoms with Gasteiger partial charge in [-0.05, 0) is 23.8 Å². The smallest absolute Gasteiger partial charge is 0.227 e. The van der Waals surface area contributed by atoms with Gasteiger partial charge < -0.3 is 10.1 Å². The van der Waals surface area contributed by atoms with Gasteiger partial charge in [-0.3, -0.25) is 4.79 Å². The molecule has 0 spiro atoms. The van der Waals surface area contributed by atoms with E-state index in [0.717, 1.165) is 23.3 Å². The van der Waals surface area contributed by atoms with Gasteiger partial charge in [-0.2, -0.15) is 0 Å². The van der Waals surface area contributed by atoms with Gasteiger partial charge in [0.2, 0.25) is 5.91 Å². The molecular formula is C21H16F3NO2. The molecule has 0 aliphatic heterocycles. The summed E-state index contributed by atoms with van der Waals surface area (Å²) >= 11 is 0. The molecule has 3 aromatic carbocycles. The van der Waals surface area contributed by atoms with E-state index in [1.54, 1.807) is 6.07 Å². The minimum Gasteiger partial charge on any atom is -0.492 e. The zero-order valence-electron chi connectivity index (χ0n) is 14.2. The fourth-order valence-corrected chi connectivity index (χ4v) is 2.54. The second kappa shape index (κ2) is 8.40. The number of carbonyl (C=O) groups excluding carboxylic acids is 1. The van der Waals surface area contributed by atoms with Crippen molar-refractivity contribution in [2.24, 2.45) is 0 Å². The Bertz CT molecular complexity index is 945. The summed E-state index contributed by atoms with van der Waals surface area (Å²) in [5, 5.41) is 2.21. The lowest BCUT2D eigenvalue weighted by atomic mass is 10.1. The minimum absolute atomic E-state index is 0.0426. The van der Waals surface area contributed by atoms with Gasteiger partial charge in [-0.25, -0.2) is 13.2 Å². The molecule has 1 amide bonds. The number of hydrogen-bond acceptors (Lipinski definition) is 2. The fraction of sp³-hybridized carbons (Fsp3) is 0.0952. The lowest BCUT2D eigenvalue weighted by Gasteiger charge is -2.12. The van der Waals surface area contributed by atoms with Crippen LogP contribution < -0.4 is 10.1 Å². The van der Waals surface area contributed by atoms with E-state index in [1.807, 2.05) is 48.5 Å². The van der Waals surface area contributed by atoms with Crippen LogP contribution in [0, 0.1) is 17.5 Å². The average molecular weight is 371 g/mol. The van der Waals surface area contributed by atoms with Gasteiger partial charge in [0.15, 0.2) is 17.5 Å². The Hall–Kier alpha value is -3.28. The Kier molecular flexibility index (Phi) is 5.76. The van der Waals surface area contributed by atoms with E-state index in [2.05, 4.69) is 5.32 Å². The van der Waals surface area contributed by atoms with Crippen molar-refractivity contribution in [2.75, 3.05) is 11.9 Å². The van der Waals surface area contributed by atoms with Crippen molar-refractivity contribution in [1.29, 1.82) is 0 Å². The third-order valence-corrected chi connectivity index (χ3v) is 3.87. The van der Waals surface area contributed by atoms with E-state index in [1.165, 1.54) is 0 Å². The number of nitrogens with one attached hydrogen (secondary N) is 1. The first-order valence-corrected chi connectivity index (χ1v) is 8.27. The summed E-state index contributed by atoms with van der Waals surface area (Å²) in [6.07, 6.45) is -0.0818. The van der Waals surface area contributed by atoms with Crippen LogP contribution in [-0.4, -0.2) is 12.5 Å². The van der Waals surface area contributed by atoms with Crippen molar-refractivity contribution in [1.82, 2.24) is 0 Å². The first-order chi connectivity index (χ1) is 13.1. The number of halogens is 3. The van der Waals surface area contributed by atoms with Crippen LogP contribution in [0.1, 0.15) is 6.42 Å². The van der Waals surface area contributed by atoms with E-state index < -0.39 is 29.0 Å². The predicted octanol–water partition coefficient (Wildman–Crippen LogP) is 5.18. The largest absolute Gasteiger partial charge is 0.492 e. The summed E-state index contributed by atoms with van der Waals surface area (Å²) in [6, 6.07) is 18.7. The molecule has 0 saturated carbocycles. The van der Waals surface area contributed by atoms with Gasteiger partial charge in [0.25, 0.3) is 0 Å². The fourth-order valence-electron chi connectivity index (χ4n) is 2.54. The third-order valence-electron chi connectivity index (χ3n) is 3.87. The molecule has 0 atom stereocenters. The molecule has 1 N–H and O–H groups in total. The maximum absolute atomic E-state index is 13.6. The number of ether oxygens (including phenoxy) is 1. The molecule has 0 aliphatic rings. The highest BCUT2D eigenvalue weighted by Crippen LogP contribution is 2.29. The van der Waals surface area contributed by atoms with Crippen LogP contribution in [0.4, 0.5) is 18.9 Å². The molecule has 0 fully saturated rings. The second-order valence-corrected chi connectivity index (χ2v) is 5.73. The molecule has 0 radical (unpaired) electrons. The lowest BCUT2D eigenvalue weighted by molar-refractivity contribution is -0.116. The van der Waals surface area contributed by atoms with Crippen molar-refractivity contribution >= 4 is 11.6 Å². The average Bonchev–Trinajstić information content (AvgIpc) is 2.69. The topological polar surface area (TPSA) is 38.3 Å². The van der Waals surface area contributed by atoms with E-state index >= 15 is 0 Å². The van der Waals surface area contributed by atoms with Crippen molar-refractivity contribution in [3.63, 3.8) is 0 Å². The first-order valence-electron chi connectivity index (χ1n) is 8.27. The minimum atomic E-state index is -1.62. The van der Waals surface area contributed by atoms with Gasteiger partial charge in [-0.1, -0.05) is 48.5 Å². The van der Waals surface area contributed by atoms with Crippen LogP contribution in [0.25, 0.3) is 11.1 Å². The Morgan fingerprint density at radius 3 is 2.33 bits per heavy atom. The summed E-state index contributed by atoms with van der Waals surface area (Å²) < 4.78 is 45.4. The normalized spacial score (nSPS) is 10.5. The molecule has 3 rings (SSSR count). The summed E-state index contributed by atoms with van der Waals surface area (Å²) in [4.78, 5) is 11.9. The van der Waals surface area contributed by atoms with E-state index in [4.69, 9.17) is 4.74 Å². The van der Waals surface area contributed by atoms with E-state index in [0.29, 0.717) is 5.75 Å². The number of hydrogen-bond donors (Lipinski definition) is 1. The highest BCUT2D eigenvalue weighted by atomic mass is 19.2. The molecule has 3 aromatic rings. The van der Waals surface area contributed by atoms with Gasteiger partial charge in [-0.15, -0.1) is 0 Å². The number of amides is 1. The number of para-hydroxylation sites is 1. The van der Waals surface area contributed by atoms with Crippen LogP contribution in [0.2, 0.25) is 0 Å². The van der Waals surface area contributed by atoms with Crippen LogP contribution in [-0.2, 0) is 4.79 Å². The molecule has 3 nitrogen and oxygen atoms in total. The summed E-state index contributed by atoms with van der Waals surface area (Å²) in [6.45, 7) is 0.0426. The maximum atomic E-state index is 13.6. The Morgan fingerprint density at radius 1 is 0.852 bits per heavy atom. The predicted molar refractivity (Wildman–Crippen MR) is 96.9 cm³/mol. The molecule has 0 unspecified atom stereocenters. The Balaban J connectivity index is 1.61. The zero-order valence-corrected chi connectivity index (χ0v) is 14.2. The molecule has 27 heavy (non-hydrogen) atoms. The number of anilines is 1. The molecule has 138 valence electrons. The van der Waals surface area contributed by atoms with Gasteiger partial charge >= 0.3 is 0 Å². The van der Waals surface area contributed by atoms with Gasteiger partial charge in [0.05, 0.1) is 18.7 Å². The van der Waals surface area contributed by atoms with Crippen molar-refractivity contribution in [3.8, 4) is 16.9 Å². The molecule has 0 aliphatic carbocycles. The summed E-state index contributed by atoms with van der Waals surface area (Å²) in [7, 11) is 0. The van der Waals surface area contributed by atoms with Gasteiger partial charge in [0.1, 0.15) is 5.75 Å². The lowest BCUT2D eigenvalue weighted by Crippen LogP contribution is -2.16. The van der Waals surface area contributed by atoms with Gasteiger partial charge in [0, 0.05) is 5.56 Å². The third kappa shape index (κ3) is 4.47. The van der Waals surface area contributed by atoms with Crippen molar-refractivity contribution in [3.05, 3.63) is 84.2 Å². The molecule has 0 bridgehead atoms. The number of rotatable bonds is 6. The zero-order chi connectivity index (χ0) is 19.2. The van der Waals surface area contributed by atoms with Crippen LogP contribution in [0.5, 0.6) is 5.75 Å². The Labute approximate surface area is 154 Å². The van der Waals surface area contributed by atoms with E-state index in [9.17, 15) is 18.0 Å². The molecule has 0 aromatic heterocycles. The monoisotopic (exact) mass is 371 g/mol. The SMILES string of the molecule is O=C(CCOc1ccccc1-c1ccccc1)Nc1ccc(F)c(F)c1F.